The number of nitrogens with zero attached hydrogens (tertiary/aromatic N) is 5. The van der Waals surface area contributed by atoms with Crippen molar-refractivity contribution in [3.63, 3.8) is 0 Å². The monoisotopic (exact) mass is 456 g/mol. The molecule has 2 aliphatic rings. The first-order chi connectivity index (χ1) is 15.3. The molecule has 2 aliphatic heterocycles. The zero-order chi connectivity index (χ0) is 22.5. The van der Waals surface area contributed by atoms with Gasteiger partial charge in [0, 0.05) is 23.7 Å². The Bertz CT molecular complexity index is 1140. The highest BCUT2D eigenvalue weighted by molar-refractivity contribution is 6.32. The zero-order valence-corrected chi connectivity index (χ0v) is 19.4. The highest BCUT2D eigenvalue weighted by Crippen LogP contribution is 2.38. The Kier molecular flexibility index (Phi) is 5.57. The maximum Gasteiger partial charge on any atom is 0.227 e. The van der Waals surface area contributed by atoms with Crippen molar-refractivity contribution in [1.29, 1.82) is 0 Å². The van der Waals surface area contributed by atoms with E-state index in [4.69, 9.17) is 21.3 Å². The Labute approximate surface area is 192 Å². The first kappa shape index (κ1) is 21.6. The largest absolute Gasteiger partial charge is 0.389 e. The maximum atomic E-state index is 10.4. The molecule has 170 valence electrons. The van der Waals surface area contributed by atoms with E-state index < -0.39 is 6.10 Å². The normalized spacial score (nSPS) is 25.0. The van der Waals surface area contributed by atoms with E-state index in [2.05, 4.69) is 33.3 Å². The van der Waals surface area contributed by atoms with Gasteiger partial charge in [0.25, 0.3) is 0 Å². The molecule has 2 atom stereocenters. The maximum absolute atomic E-state index is 10.4. The predicted molar refractivity (Wildman–Crippen MR) is 125 cm³/mol. The molecular formula is C23H29ClN6O2. The van der Waals surface area contributed by atoms with E-state index in [9.17, 15) is 5.11 Å². The van der Waals surface area contributed by atoms with Crippen LogP contribution >= 0.6 is 11.6 Å². The number of nitrogens with one attached hydrogen (secondary N) is 1. The molecule has 5 rings (SSSR count). The molecule has 1 aromatic carbocycles. The number of rotatable bonds is 4. The summed E-state index contributed by atoms with van der Waals surface area (Å²) in [6.45, 7) is 6.92. The molecule has 0 unspecified atom stereocenters. The Hall–Kier alpha value is -2.26. The van der Waals surface area contributed by atoms with E-state index in [1.807, 2.05) is 24.7 Å². The second kappa shape index (κ2) is 8.26. The van der Waals surface area contributed by atoms with Gasteiger partial charge in [-0.25, -0.2) is 9.97 Å². The van der Waals surface area contributed by atoms with Crippen molar-refractivity contribution in [2.24, 2.45) is 7.05 Å². The molecule has 2 aromatic heterocycles. The van der Waals surface area contributed by atoms with Gasteiger partial charge in [-0.1, -0.05) is 11.6 Å². The number of aliphatic hydroxyl groups excluding tert-OH is 1. The Morgan fingerprint density at radius 1 is 1.25 bits per heavy atom. The molecule has 32 heavy (non-hydrogen) atoms. The van der Waals surface area contributed by atoms with Crippen molar-refractivity contribution in [1.82, 2.24) is 24.6 Å². The summed E-state index contributed by atoms with van der Waals surface area (Å²) >= 11 is 6.69. The van der Waals surface area contributed by atoms with Gasteiger partial charge in [-0.05, 0) is 63.4 Å². The Morgan fingerprint density at radius 3 is 2.69 bits per heavy atom. The molecule has 0 saturated carbocycles. The lowest BCUT2D eigenvalue weighted by atomic mass is 9.85. The van der Waals surface area contributed by atoms with Crippen molar-refractivity contribution in [2.45, 2.75) is 44.2 Å². The molecule has 0 radical (unpaired) electrons. The molecule has 0 amide bonds. The SMILES string of the molecule is Cc1c(Nc2ncc3cc(Cl)c(C4CCN([C@@]5(C)COC[C@H]5O)CC4)cc3n2)cnn1C. The molecule has 3 aromatic rings. The first-order valence-corrected chi connectivity index (χ1v) is 11.5. The fourth-order valence-electron chi connectivity index (χ4n) is 4.84. The van der Waals surface area contributed by atoms with Gasteiger partial charge in [0.1, 0.15) is 0 Å². The topological polar surface area (TPSA) is 88.3 Å². The summed E-state index contributed by atoms with van der Waals surface area (Å²) in [5.41, 5.74) is 3.62. The number of anilines is 2. The molecule has 2 saturated heterocycles. The molecule has 2 fully saturated rings. The highest BCUT2D eigenvalue weighted by atomic mass is 35.5. The standard InChI is InChI=1S/C23H29ClN6O2/c1-14-20(11-26-29(14)3)28-22-25-10-16-8-18(24)17(9-19(16)27-22)15-4-6-30(7-5-15)23(2)13-32-12-21(23)31/h8-11,15,21,31H,4-7,12-13H2,1-3H3,(H,25,27,28)/t21-,23+/m1/s1. The van der Waals surface area contributed by atoms with Gasteiger partial charge in [-0.2, -0.15) is 5.10 Å². The molecule has 4 heterocycles. The van der Waals surface area contributed by atoms with E-state index in [0.29, 0.717) is 25.1 Å². The van der Waals surface area contributed by atoms with Crippen molar-refractivity contribution in [2.75, 3.05) is 31.6 Å². The van der Waals surface area contributed by atoms with Gasteiger partial charge in [0.15, 0.2) is 0 Å². The van der Waals surface area contributed by atoms with Crippen LogP contribution in [0.5, 0.6) is 0 Å². The fourth-order valence-corrected chi connectivity index (χ4v) is 5.16. The van der Waals surface area contributed by atoms with E-state index in [1.54, 1.807) is 12.4 Å². The second-order valence-electron chi connectivity index (χ2n) is 9.17. The predicted octanol–water partition coefficient (Wildman–Crippen LogP) is 3.40. The van der Waals surface area contributed by atoms with Gasteiger partial charge in [0.2, 0.25) is 5.95 Å². The van der Waals surface area contributed by atoms with Gasteiger partial charge in [-0.15, -0.1) is 0 Å². The molecule has 8 nitrogen and oxygen atoms in total. The second-order valence-corrected chi connectivity index (χ2v) is 9.58. The Morgan fingerprint density at radius 2 is 2.03 bits per heavy atom. The van der Waals surface area contributed by atoms with Crippen LogP contribution in [0.2, 0.25) is 5.02 Å². The number of aromatic nitrogens is 4. The van der Waals surface area contributed by atoms with Crippen LogP contribution < -0.4 is 5.32 Å². The minimum atomic E-state index is -0.436. The number of likely N-dealkylation sites (tertiary alicyclic amines) is 1. The van der Waals surface area contributed by atoms with Gasteiger partial charge in [0.05, 0.1) is 48.0 Å². The van der Waals surface area contributed by atoms with Crippen LogP contribution in [0, 0.1) is 6.92 Å². The molecule has 9 heteroatoms. The van der Waals surface area contributed by atoms with Crippen LogP contribution in [0.15, 0.2) is 24.5 Å². The first-order valence-electron chi connectivity index (χ1n) is 11.1. The van der Waals surface area contributed by atoms with Crippen molar-refractivity contribution in [3.05, 3.63) is 40.8 Å². The number of halogens is 1. The van der Waals surface area contributed by atoms with Crippen molar-refractivity contribution < 1.29 is 9.84 Å². The zero-order valence-electron chi connectivity index (χ0n) is 18.7. The number of benzene rings is 1. The lowest BCUT2D eigenvalue weighted by Gasteiger charge is -2.43. The third-order valence-electron chi connectivity index (χ3n) is 7.23. The molecule has 0 aliphatic carbocycles. The summed E-state index contributed by atoms with van der Waals surface area (Å²) < 4.78 is 7.34. The molecular weight excluding hydrogens is 428 g/mol. The smallest absolute Gasteiger partial charge is 0.227 e. The lowest BCUT2D eigenvalue weighted by Crippen LogP contribution is -2.56. The van der Waals surface area contributed by atoms with Gasteiger partial charge in [-0.3, -0.25) is 9.58 Å². The van der Waals surface area contributed by atoms with Crippen LogP contribution in [-0.4, -0.2) is 67.7 Å². The van der Waals surface area contributed by atoms with E-state index in [-0.39, 0.29) is 5.54 Å². The number of hydrogen-bond donors (Lipinski definition) is 2. The Balaban J connectivity index is 1.36. The average molecular weight is 457 g/mol. The third kappa shape index (κ3) is 3.75. The summed E-state index contributed by atoms with van der Waals surface area (Å²) in [5.74, 6) is 0.901. The van der Waals surface area contributed by atoms with Crippen LogP contribution in [0.25, 0.3) is 10.9 Å². The van der Waals surface area contributed by atoms with Crippen molar-refractivity contribution >= 4 is 34.1 Å². The van der Waals surface area contributed by atoms with Gasteiger partial charge < -0.3 is 15.2 Å². The van der Waals surface area contributed by atoms with E-state index in [0.717, 1.165) is 58.8 Å². The van der Waals surface area contributed by atoms with Crippen molar-refractivity contribution in [3.8, 4) is 0 Å². The molecule has 0 spiro atoms. The minimum absolute atomic E-state index is 0.295. The highest BCUT2D eigenvalue weighted by Gasteiger charge is 2.45. The lowest BCUT2D eigenvalue weighted by molar-refractivity contribution is -0.00211. The summed E-state index contributed by atoms with van der Waals surface area (Å²) in [5, 5.41) is 19.6. The van der Waals surface area contributed by atoms with Crippen LogP contribution in [0.4, 0.5) is 11.6 Å². The average Bonchev–Trinajstić information content (AvgIpc) is 3.30. The summed E-state index contributed by atoms with van der Waals surface area (Å²) in [4.78, 5) is 11.6. The van der Waals surface area contributed by atoms with Gasteiger partial charge >= 0.3 is 0 Å². The number of piperidine rings is 1. The summed E-state index contributed by atoms with van der Waals surface area (Å²) in [6.07, 6.45) is 5.11. The molecule has 0 bridgehead atoms. The number of fused-ring (bicyclic) bond motifs is 1. The number of aryl methyl sites for hydroxylation is 1. The van der Waals surface area contributed by atoms with Crippen LogP contribution in [0.1, 0.15) is 36.9 Å². The van der Waals surface area contributed by atoms with Crippen LogP contribution in [0.3, 0.4) is 0 Å². The molecule has 2 N–H and O–H groups in total. The quantitative estimate of drug-likeness (QED) is 0.622. The summed E-state index contributed by atoms with van der Waals surface area (Å²) in [6, 6.07) is 4.07. The number of aliphatic hydroxyl groups is 1. The third-order valence-corrected chi connectivity index (χ3v) is 7.55. The van der Waals surface area contributed by atoms with Crippen LogP contribution in [-0.2, 0) is 11.8 Å². The summed E-state index contributed by atoms with van der Waals surface area (Å²) in [7, 11) is 1.90. The fraction of sp³-hybridized carbons (Fsp3) is 0.522. The number of hydrogen-bond acceptors (Lipinski definition) is 7. The minimum Gasteiger partial charge on any atom is -0.389 e. The van der Waals surface area contributed by atoms with E-state index in [1.165, 1.54) is 0 Å². The number of ether oxygens (including phenoxy) is 1. The van der Waals surface area contributed by atoms with E-state index >= 15 is 0 Å².